The van der Waals surface area contributed by atoms with Gasteiger partial charge in [0.05, 0.1) is 62.9 Å². The molecule has 0 amide bonds. The smallest absolute Gasteiger partial charge is 0.428 e. The van der Waals surface area contributed by atoms with E-state index in [1.807, 2.05) is 26.1 Å². The summed E-state index contributed by atoms with van der Waals surface area (Å²) in [5.74, 6) is 2.27. The van der Waals surface area contributed by atoms with E-state index >= 15 is 0 Å². The van der Waals surface area contributed by atoms with Crippen LogP contribution in [0, 0.1) is 41.4 Å². The number of aromatic amines is 1. The second-order valence-corrected chi connectivity index (χ2v) is 37.7. The molecular weight excluding hydrogens is 1440 g/mol. The van der Waals surface area contributed by atoms with Gasteiger partial charge >= 0.3 is 28.2 Å². The van der Waals surface area contributed by atoms with E-state index in [2.05, 4.69) is 95.8 Å². The number of allylic oxidation sites excluding steroid dienone is 3. The van der Waals surface area contributed by atoms with Gasteiger partial charge in [-0.05, 0) is 148 Å². The molecular formula is C70H97B4N17O12S4. The number of sulfonamides is 4. The first-order chi connectivity index (χ1) is 51.2. The Balaban J connectivity index is 0.000000126. The van der Waals surface area contributed by atoms with Gasteiger partial charge in [0.25, 0.3) is 0 Å². The molecule has 29 nitrogen and oxygen atoms in total. The maximum Gasteiger partial charge on any atom is 0.468 e. The third-order valence-corrected chi connectivity index (χ3v) is 29.2. The van der Waals surface area contributed by atoms with Crippen molar-refractivity contribution in [1.29, 1.82) is 0 Å². The van der Waals surface area contributed by atoms with Crippen LogP contribution in [0.1, 0.15) is 166 Å². The summed E-state index contributed by atoms with van der Waals surface area (Å²) >= 11 is 0. The minimum absolute atomic E-state index is 0.0524. The molecule has 5 aromatic heterocycles. The lowest BCUT2D eigenvalue weighted by Gasteiger charge is -2.39. The predicted octanol–water partition coefficient (Wildman–Crippen LogP) is 1.09. The van der Waals surface area contributed by atoms with Gasteiger partial charge in [-0.2, -0.15) is 20.4 Å². The standard InChI is InChI=1S/C19H27BN4O3S.C18H25BN4O3S.C17H23BN4O3S.C16H22BN5O3S/c1-3-24-20(25)16-11-22-17-6-4-5-15(17)18(16)19(23-24)14-9-7-13(8-10-14)12-28(26,27)21-2;1-20-27(25,26)11-12-6-8-13(9-7-12)18-17-14-4-3-5-16(14)21-10-15(17)19(24)23(2)22-18;1-19-26(24,25)10-11-5-7-12(8-6-11)17-16-13-3-2-4-15(13)20-9-14(16)18(23)22-21-17;1-3-6-26(24,25)21-11-7-10(8-11)15-14-12-4-5-18-16(12)19-9-13(14)17(23)22(2)20-15/h4-5,11,13-14,21,25H,3,6-10,12H2,1-2H3;3-4,10,12-13,20,24H,5-9,11H2,1-2H3;2-3,9,11-12,19,22-23H,4-8,10H2,1H3;4-5,9-11,21,23H,3,6-8H2,1-2H3,(H,18,19). The maximum absolute atomic E-state index is 12.0. The van der Waals surface area contributed by atoms with Gasteiger partial charge in [-0.1, -0.05) is 43.4 Å². The Morgan fingerprint density at radius 1 is 0.495 bits per heavy atom. The van der Waals surface area contributed by atoms with Gasteiger partial charge in [0.15, 0.2) is 0 Å². The fourth-order valence-electron chi connectivity index (χ4n) is 17.1. The van der Waals surface area contributed by atoms with Gasteiger partial charge in [0.2, 0.25) is 40.1 Å². The Morgan fingerprint density at radius 2 is 0.897 bits per heavy atom. The Kier molecular flexibility index (Phi) is 23.7. The van der Waals surface area contributed by atoms with E-state index in [9.17, 15) is 53.8 Å². The van der Waals surface area contributed by atoms with Crippen molar-refractivity contribution < 1.29 is 53.8 Å². The summed E-state index contributed by atoms with van der Waals surface area (Å²) in [6.07, 6.45) is 36.5. The largest absolute Gasteiger partial charge is 0.468 e. The van der Waals surface area contributed by atoms with E-state index in [1.165, 1.54) is 26.1 Å². The molecule has 4 saturated carbocycles. The zero-order valence-corrected chi connectivity index (χ0v) is 65.0. The summed E-state index contributed by atoms with van der Waals surface area (Å²) in [5, 5.41) is 64.4. The predicted molar refractivity (Wildman–Crippen MR) is 423 cm³/mol. The van der Waals surface area contributed by atoms with E-state index in [4.69, 9.17) is 10.2 Å². The molecule has 0 aromatic carbocycles. The van der Waals surface area contributed by atoms with E-state index in [0.717, 1.165) is 208 Å². The fraction of sp³-hybridized carbons (Fsp3) is 0.543. The zero-order chi connectivity index (χ0) is 75.9. The number of hydrazone groups is 4. The molecule has 0 bridgehead atoms. The summed E-state index contributed by atoms with van der Waals surface area (Å²) in [4.78, 5) is 25.9. The average molecular weight is 1540 g/mol. The fourth-order valence-corrected chi connectivity index (χ4v) is 21.8. The molecule has 570 valence electrons. The van der Waals surface area contributed by atoms with Gasteiger partial charge in [-0.15, -0.1) is 0 Å². The van der Waals surface area contributed by atoms with Crippen molar-refractivity contribution in [2.45, 2.75) is 135 Å². The summed E-state index contributed by atoms with van der Waals surface area (Å²) < 4.78 is 105. The van der Waals surface area contributed by atoms with Gasteiger partial charge < -0.3 is 45.2 Å². The van der Waals surface area contributed by atoms with Gasteiger partial charge in [-0.25, -0.2) is 57.5 Å². The number of H-pyrrole nitrogens is 1. The molecule has 0 atom stereocenters. The number of pyridine rings is 4. The molecule has 37 heteroatoms. The lowest BCUT2D eigenvalue weighted by atomic mass is 9.65. The van der Waals surface area contributed by atoms with E-state index < -0.39 is 68.3 Å². The number of nitrogens with zero attached hydrogens (tertiary/aromatic N) is 11. The van der Waals surface area contributed by atoms with Crippen molar-refractivity contribution in [2.24, 2.45) is 61.8 Å². The quantitative estimate of drug-likeness (QED) is 0.0549. The molecule has 0 spiro atoms. The van der Waals surface area contributed by atoms with Crippen LogP contribution >= 0.6 is 0 Å². The normalized spacial score (nSPS) is 24.1. The third kappa shape index (κ3) is 16.9. The zero-order valence-electron chi connectivity index (χ0n) is 61.7. The second-order valence-electron chi connectivity index (χ2n) is 29.9. The molecule has 0 unspecified atom stereocenters. The van der Waals surface area contributed by atoms with Crippen molar-refractivity contribution in [1.82, 2.24) is 63.9 Å². The van der Waals surface area contributed by atoms with Crippen LogP contribution in [-0.2, 0) is 59.4 Å². The van der Waals surface area contributed by atoms with Crippen LogP contribution in [0.15, 0.2) is 75.7 Å². The third-order valence-electron chi connectivity index (χ3n) is 23.0. The molecule has 5 aromatic rings. The topological polar surface area (TPSA) is 404 Å². The number of nitrogens with one attached hydrogen (secondary N) is 6. The highest BCUT2D eigenvalue weighted by molar-refractivity contribution is 7.90. The average Bonchev–Trinajstić information content (AvgIpc) is 1.76. The van der Waals surface area contributed by atoms with Gasteiger partial charge in [0, 0.05) is 167 Å². The van der Waals surface area contributed by atoms with E-state index in [1.54, 1.807) is 48.7 Å². The minimum Gasteiger partial charge on any atom is -0.428 e. The summed E-state index contributed by atoms with van der Waals surface area (Å²) in [6.45, 7) is 4.45. The molecule has 10 N–H and O–H groups in total. The molecule has 0 saturated heterocycles. The summed E-state index contributed by atoms with van der Waals surface area (Å²) in [6, 6.07) is 1.89. The Labute approximate surface area is 629 Å². The van der Waals surface area contributed by atoms with Gasteiger partial charge in [0.1, 0.15) is 5.65 Å². The molecule has 9 heterocycles. The Morgan fingerprint density at radius 3 is 1.35 bits per heavy atom. The Bertz CT molecular complexity index is 4880. The van der Waals surface area contributed by atoms with Gasteiger partial charge in [-0.3, -0.25) is 15.0 Å². The van der Waals surface area contributed by atoms with Crippen molar-refractivity contribution >= 4 is 142 Å². The first-order valence-electron chi connectivity index (χ1n) is 37.5. The number of hydrogen-bond acceptors (Lipinski definition) is 24. The van der Waals surface area contributed by atoms with Crippen LogP contribution in [0.2, 0.25) is 0 Å². The monoisotopic (exact) mass is 1540 g/mol. The molecule has 11 aliphatic rings. The van der Waals surface area contributed by atoms with E-state index in [-0.39, 0.29) is 70.5 Å². The molecule has 4 fully saturated rings. The lowest BCUT2D eigenvalue weighted by Crippen LogP contribution is -2.54. The molecule has 16 rings (SSSR count). The minimum atomic E-state index is -3.21. The second kappa shape index (κ2) is 32.5. The summed E-state index contributed by atoms with van der Waals surface area (Å²) in [7, 11) is -8.03. The molecule has 0 radical (unpaired) electrons. The number of rotatable bonds is 18. The van der Waals surface area contributed by atoms with Crippen molar-refractivity contribution in [3.63, 3.8) is 0 Å². The van der Waals surface area contributed by atoms with E-state index in [0.29, 0.717) is 25.8 Å². The first kappa shape index (κ1) is 78.1. The lowest BCUT2D eigenvalue weighted by molar-refractivity contribution is 0.315. The number of aromatic nitrogens is 5. The van der Waals surface area contributed by atoms with Crippen LogP contribution in [0.4, 0.5) is 0 Å². The highest BCUT2D eigenvalue weighted by Crippen LogP contribution is 2.40. The number of fused-ring (bicyclic) bond motifs is 12. The van der Waals surface area contributed by atoms with Crippen molar-refractivity contribution in [3.8, 4) is 0 Å². The summed E-state index contributed by atoms with van der Waals surface area (Å²) in [5.41, 5.74) is 18.2. The molecule has 7 aliphatic carbocycles. The van der Waals surface area contributed by atoms with Crippen LogP contribution in [0.5, 0.6) is 0 Å². The Hall–Kier alpha value is -7.02. The molecule has 4 aliphatic heterocycles. The van der Waals surface area contributed by atoms with Crippen molar-refractivity contribution in [2.75, 3.05) is 64.8 Å². The highest BCUT2D eigenvalue weighted by atomic mass is 32.2. The first-order valence-corrected chi connectivity index (χ1v) is 44.1. The van der Waals surface area contributed by atoms with Crippen LogP contribution in [0.3, 0.4) is 0 Å². The molecule has 107 heavy (non-hydrogen) atoms. The van der Waals surface area contributed by atoms with Crippen LogP contribution < -0.4 is 46.1 Å². The maximum atomic E-state index is 12.0. The van der Waals surface area contributed by atoms with Crippen LogP contribution in [0.25, 0.3) is 29.3 Å². The highest BCUT2D eigenvalue weighted by Gasteiger charge is 2.44. The SMILES string of the molecule is CCCS(=O)(=O)NC1CC(C2=NN(C)B(O)c3cnc4[nH]ccc4c32)C1.CCN1N=C(C2CCC(CS(=O)(=O)NC)CC2)c2c(cnc3c2C=CC3)B1O.CNS(=O)(=O)CC1CCC(C2=NN(C)B(O)c3cnc4c(c32)C=CC4)CC1.CNS(=O)(=O)CC1CCC(C2=NNB(O)c3cnc4c(c32)C=CC4)CC1. The van der Waals surface area contributed by atoms with Crippen LogP contribution in [-0.4, -0.2) is 215 Å². The van der Waals surface area contributed by atoms with Crippen molar-refractivity contribution in [3.05, 3.63) is 111 Å². The number of hydrogen-bond donors (Lipinski definition) is 10.